The first-order valence-electron chi connectivity index (χ1n) is 7.74. The lowest BCUT2D eigenvalue weighted by Crippen LogP contribution is -2.13. The lowest BCUT2D eigenvalue weighted by molar-refractivity contribution is 0.0599. The van der Waals surface area contributed by atoms with Crippen LogP contribution in [0.4, 0.5) is 10.1 Å². The van der Waals surface area contributed by atoms with Crippen molar-refractivity contribution in [3.05, 3.63) is 64.3 Å². The SMILES string of the molecule is COC(=O)c1cc(NC(=O)c2cc3c(F)cccc3s2)cc(C(=O)OC)c1. The zero-order chi connectivity index (χ0) is 19.6. The lowest BCUT2D eigenvalue weighted by Gasteiger charge is -2.09. The standard InChI is InChI=1S/C19H14FNO5S/c1-25-18(23)10-6-11(19(24)26-2)8-12(7-10)21-17(22)16-9-13-14(20)4-3-5-15(13)27-16/h3-9H,1-2H3,(H,21,22). The molecule has 0 saturated carbocycles. The number of carbonyl (C=O) groups is 3. The van der Waals surface area contributed by atoms with E-state index in [2.05, 4.69) is 14.8 Å². The molecule has 0 radical (unpaired) electrons. The molecule has 0 aliphatic rings. The highest BCUT2D eigenvalue weighted by atomic mass is 32.1. The Hall–Kier alpha value is -3.26. The van der Waals surface area contributed by atoms with E-state index in [4.69, 9.17) is 0 Å². The molecule has 3 aromatic rings. The number of methoxy groups -OCH3 is 2. The molecule has 1 N–H and O–H groups in total. The van der Waals surface area contributed by atoms with Crippen molar-refractivity contribution >= 4 is 45.0 Å². The number of hydrogen-bond donors (Lipinski definition) is 1. The Morgan fingerprint density at radius 3 is 2.15 bits per heavy atom. The number of benzene rings is 2. The monoisotopic (exact) mass is 387 g/mol. The molecule has 1 heterocycles. The van der Waals surface area contributed by atoms with E-state index in [0.717, 1.165) is 11.3 Å². The Bertz CT molecular complexity index is 1030. The molecule has 8 heteroatoms. The van der Waals surface area contributed by atoms with Crippen molar-refractivity contribution in [2.45, 2.75) is 0 Å². The Kier molecular flexibility index (Phi) is 5.18. The summed E-state index contributed by atoms with van der Waals surface area (Å²) >= 11 is 1.13. The summed E-state index contributed by atoms with van der Waals surface area (Å²) in [6.45, 7) is 0. The highest BCUT2D eigenvalue weighted by Crippen LogP contribution is 2.28. The number of esters is 2. The molecular formula is C19H14FNO5S. The second-order valence-corrected chi connectivity index (χ2v) is 6.58. The molecule has 0 unspecified atom stereocenters. The van der Waals surface area contributed by atoms with Crippen LogP contribution in [0.3, 0.4) is 0 Å². The number of carbonyl (C=O) groups excluding carboxylic acids is 3. The topological polar surface area (TPSA) is 81.7 Å². The van der Waals surface area contributed by atoms with Crippen LogP contribution < -0.4 is 5.32 Å². The first kappa shape index (κ1) is 18.5. The Balaban J connectivity index is 1.95. The van der Waals surface area contributed by atoms with Crippen LogP contribution in [0.25, 0.3) is 10.1 Å². The number of nitrogens with one attached hydrogen (secondary N) is 1. The maximum atomic E-state index is 13.8. The molecule has 2 aromatic carbocycles. The summed E-state index contributed by atoms with van der Waals surface area (Å²) in [5.74, 6) is -2.24. The molecule has 0 spiro atoms. The quantitative estimate of drug-likeness (QED) is 0.688. The normalized spacial score (nSPS) is 10.5. The van der Waals surface area contributed by atoms with Crippen LogP contribution in [-0.4, -0.2) is 32.1 Å². The first-order valence-corrected chi connectivity index (χ1v) is 8.55. The maximum Gasteiger partial charge on any atom is 0.337 e. The molecule has 1 aromatic heterocycles. The van der Waals surface area contributed by atoms with E-state index in [0.29, 0.717) is 10.1 Å². The summed E-state index contributed by atoms with van der Waals surface area (Å²) in [5.41, 5.74) is 0.373. The highest BCUT2D eigenvalue weighted by molar-refractivity contribution is 7.20. The predicted molar refractivity (Wildman–Crippen MR) is 98.9 cm³/mol. The number of hydrogen-bond acceptors (Lipinski definition) is 6. The van der Waals surface area contributed by atoms with E-state index in [9.17, 15) is 18.8 Å². The van der Waals surface area contributed by atoms with Crippen LogP contribution in [0, 0.1) is 5.82 Å². The Morgan fingerprint density at radius 1 is 0.963 bits per heavy atom. The van der Waals surface area contributed by atoms with Crippen molar-refractivity contribution in [1.82, 2.24) is 0 Å². The fourth-order valence-corrected chi connectivity index (χ4v) is 3.47. The van der Waals surface area contributed by atoms with Crippen LogP contribution >= 0.6 is 11.3 Å². The van der Waals surface area contributed by atoms with Gasteiger partial charge in [0, 0.05) is 15.8 Å². The van der Waals surface area contributed by atoms with Gasteiger partial charge in [-0.15, -0.1) is 11.3 Å². The van der Waals surface area contributed by atoms with E-state index in [1.165, 1.54) is 44.6 Å². The minimum atomic E-state index is -0.666. The number of rotatable bonds is 4. The zero-order valence-corrected chi connectivity index (χ0v) is 15.2. The van der Waals surface area contributed by atoms with Gasteiger partial charge in [0.1, 0.15) is 5.82 Å². The summed E-state index contributed by atoms with van der Waals surface area (Å²) in [4.78, 5) is 36.5. The number of ether oxygens (including phenoxy) is 2. The van der Waals surface area contributed by atoms with Gasteiger partial charge in [-0.2, -0.15) is 0 Å². The molecule has 0 atom stereocenters. The van der Waals surface area contributed by atoms with Crippen molar-refractivity contribution < 1.29 is 28.2 Å². The van der Waals surface area contributed by atoms with Crippen LogP contribution in [0.15, 0.2) is 42.5 Å². The number of halogens is 1. The Morgan fingerprint density at radius 2 is 1.59 bits per heavy atom. The van der Waals surface area contributed by atoms with Crippen molar-refractivity contribution in [2.24, 2.45) is 0 Å². The van der Waals surface area contributed by atoms with Crippen molar-refractivity contribution in [3.63, 3.8) is 0 Å². The van der Waals surface area contributed by atoms with E-state index in [1.54, 1.807) is 12.1 Å². The largest absolute Gasteiger partial charge is 0.465 e. The molecule has 3 rings (SSSR count). The zero-order valence-electron chi connectivity index (χ0n) is 14.4. The van der Waals surface area contributed by atoms with Crippen LogP contribution in [-0.2, 0) is 9.47 Å². The highest BCUT2D eigenvalue weighted by Gasteiger charge is 2.17. The van der Waals surface area contributed by atoms with E-state index in [-0.39, 0.29) is 21.7 Å². The van der Waals surface area contributed by atoms with Gasteiger partial charge in [0.25, 0.3) is 5.91 Å². The molecular weight excluding hydrogens is 373 g/mol. The fourth-order valence-electron chi connectivity index (χ4n) is 2.50. The summed E-state index contributed by atoms with van der Waals surface area (Å²) in [6, 6.07) is 10.1. The third-order valence-electron chi connectivity index (χ3n) is 3.77. The van der Waals surface area contributed by atoms with E-state index >= 15 is 0 Å². The second kappa shape index (κ2) is 7.55. The van der Waals surface area contributed by atoms with Gasteiger partial charge in [-0.25, -0.2) is 14.0 Å². The number of thiophene rings is 1. The maximum absolute atomic E-state index is 13.8. The third-order valence-corrected chi connectivity index (χ3v) is 4.86. The van der Waals surface area contributed by atoms with Gasteiger partial charge >= 0.3 is 11.9 Å². The predicted octanol–water partition coefficient (Wildman–Crippen LogP) is 3.87. The van der Waals surface area contributed by atoms with Crippen molar-refractivity contribution in [2.75, 3.05) is 19.5 Å². The average molecular weight is 387 g/mol. The molecule has 0 bridgehead atoms. The first-order chi connectivity index (χ1) is 12.9. The molecule has 0 fully saturated rings. The minimum Gasteiger partial charge on any atom is -0.465 e. The van der Waals surface area contributed by atoms with Gasteiger partial charge in [-0.05, 0) is 36.4 Å². The minimum absolute atomic E-state index is 0.0816. The van der Waals surface area contributed by atoms with Crippen LogP contribution in [0.2, 0.25) is 0 Å². The smallest absolute Gasteiger partial charge is 0.337 e. The number of amides is 1. The van der Waals surface area contributed by atoms with Gasteiger partial charge in [-0.1, -0.05) is 6.07 Å². The summed E-state index contributed by atoms with van der Waals surface area (Å²) in [7, 11) is 2.41. The second-order valence-electron chi connectivity index (χ2n) is 5.50. The van der Waals surface area contributed by atoms with Crippen LogP contribution in [0.5, 0.6) is 0 Å². The number of anilines is 1. The van der Waals surface area contributed by atoms with Gasteiger partial charge in [0.2, 0.25) is 0 Å². The van der Waals surface area contributed by atoms with Gasteiger partial charge in [-0.3, -0.25) is 4.79 Å². The van der Waals surface area contributed by atoms with E-state index in [1.807, 2.05) is 0 Å². The van der Waals surface area contributed by atoms with Gasteiger partial charge < -0.3 is 14.8 Å². The molecule has 0 aliphatic carbocycles. The average Bonchev–Trinajstić information content (AvgIpc) is 3.12. The van der Waals surface area contributed by atoms with Gasteiger partial charge in [0.05, 0.1) is 30.2 Å². The molecule has 1 amide bonds. The van der Waals surface area contributed by atoms with Crippen molar-refractivity contribution in [3.8, 4) is 0 Å². The molecule has 6 nitrogen and oxygen atoms in total. The molecule has 0 saturated heterocycles. The molecule has 138 valence electrons. The number of fused-ring (bicyclic) bond motifs is 1. The Labute approximate surface area is 157 Å². The van der Waals surface area contributed by atoms with E-state index < -0.39 is 23.7 Å². The summed E-state index contributed by atoms with van der Waals surface area (Å²) in [5, 5.41) is 2.96. The van der Waals surface area contributed by atoms with Gasteiger partial charge in [0.15, 0.2) is 0 Å². The third kappa shape index (κ3) is 3.80. The lowest BCUT2D eigenvalue weighted by atomic mass is 10.1. The summed E-state index contributed by atoms with van der Waals surface area (Å²) < 4.78 is 23.8. The molecule has 0 aliphatic heterocycles. The summed E-state index contributed by atoms with van der Waals surface area (Å²) in [6.07, 6.45) is 0. The van der Waals surface area contributed by atoms with Crippen molar-refractivity contribution in [1.29, 1.82) is 0 Å². The van der Waals surface area contributed by atoms with Crippen LogP contribution in [0.1, 0.15) is 30.4 Å². The molecule has 27 heavy (non-hydrogen) atoms. The fraction of sp³-hybridized carbons (Fsp3) is 0.105.